The van der Waals surface area contributed by atoms with Gasteiger partial charge in [0.05, 0.1) is 11.2 Å². The van der Waals surface area contributed by atoms with Crippen molar-refractivity contribution in [3.8, 4) is 56.4 Å². The zero-order valence-corrected chi connectivity index (χ0v) is 30.2. The summed E-state index contributed by atoms with van der Waals surface area (Å²) < 4.78 is 13.3. The van der Waals surface area contributed by atoms with E-state index < -0.39 is 18.3 Å². The summed E-state index contributed by atoms with van der Waals surface area (Å²) in [5, 5.41) is 4.48. The zero-order chi connectivity index (χ0) is 36.2. The summed E-state index contributed by atoms with van der Waals surface area (Å²) in [6, 6.07) is 54.6. The van der Waals surface area contributed by atoms with E-state index in [2.05, 4.69) is 149 Å². The van der Waals surface area contributed by atoms with Crippen LogP contribution in [0.4, 0.5) is 0 Å². The molecular formula is C47H38BN3O2. The van der Waals surface area contributed by atoms with Crippen molar-refractivity contribution in [2.24, 2.45) is 0 Å². The fourth-order valence-electron chi connectivity index (χ4n) is 7.29. The highest BCUT2D eigenvalue weighted by Gasteiger charge is 2.52. The molecule has 0 amide bonds. The van der Waals surface area contributed by atoms with E-state index in [1.165, 1.54) is 5.56 Å². The number of hydrogen-bond acceptors (Lipinski definition) is 5. The van der Waals surface area contributed by atoms with Gasteiger partial charge in [-0.2, -0.15) is 0 Å². The first kappa shape index (κ1) is 32.9. The molecule has 0 spiro atoms. The van der Waals surface area contributed by atoms with Crippen molar-refractivity contribution in [3.63, 3.8) is 0 Å². The summed E-state index contributed by atoms with van der Waals surface area (Å²) in [6.45, 7) is 8.42. The lowest BCUT2D eigenvalue weighted by Gasteiger charge is -2.32. The van der Waals surface area contributed by atoms with Crippen molar-refractivity contribution < 1.29 is 9.31 Å². The smallest absolute Gasteiger partial charge is 0.399 e. The van der Waals surface area contributed by atoms with Gasteiger partial charge >= 0.3 is 7.12 Å². The summed E-state index contributed by atoms with van der Waals surface area (Å²) in [4.78, 5) is 15.1. The molecule has 5 nitrogen and oxygen atoms in total. The molecule has 1 aromatic heterocycles. The molecular weight excluding hydrogens is 649 g/mol. The van der Waals surface area contributed by atoms with Crippen LogP contribution in [0, 0.1) is 0 Å². The maximum absolute atomic E-state index is 6.67. The first-order chi connectivity index (χ1) is 25.8. The van der Waals surface area contributed by atoms with Crippen molar-refractivity contribution in [2.45, 2.75) is 38.9 Å². The summed E-state index contributed by atoms with van der Waals surface area (Å²) >= 11 is 0. The normalized spacial score (nSPS) is 14.9. The summed E-state index contributed by atoms with van der Waals surface area (Å²) in [5.74, 6) is 1.87. The Bertz CT molecular complexity index is 2550. The molecule has 53 heavy (non-hydrogen) atoms. The second kappa shape index (κ2) is 12.9. The SMILES string of the molecule is CC1(C)OB(c2c3ccccc3c(-c3cccc(-c4nc(-c5ccccc5)nc(-c5ccc(-c6ccccc6)cc5)n4)c3)c3ccccc23)OC1(C)C. The van der Waals surface area contributed by atoms with Crippen molar-refractivity contribution in [3.05, 3.63) is 158 Å². The lowest BCUT2D eigenvalue weighted by atomic mass is 9.71. The third kappa shape index (κ3) is 5.90. The van der Waals surface area contributed by atoms with Crippen molar-refractivity contribution in [1.29, 1.82) is 0 Å². The number of hydrogen-bond donors (Lipinski definition) is 0. The van der Waals surface area contributed by atoms with Gasteiger partial charge in [0.2, 0.25) is 0 Å². The van der Waals surface area contributed by atoms with Gasteiger partial charge in [0.1, 0.15) is 0 Å². The summed E-state index contributed by atoms with van der Waals surface area (Å²) in [5.41, 5.74) is 7.44. The van der Waals surface area contributed by atoms with Gasteiger partial charge in [-0.25, -0.2) is 15.0 Å². The molecule has 0 unspecified atom stereocenters. The van der Waals surface area contributed by atoms with Crippen molar-refractivity contribution in [1.82, 2.24) is 15.0 Å². The molecule has 6 heteroatoms. The van der Waals surface area contributed by atoms with Crippen LogP contribution >= 0.6 is 0 Å². The molecule has 1 aliphatic heterocycles. The Morgan fingerprint density at radius 3 is 1.30 bits per heavy atom. The molecule has 0 N–H and O–H groups in total. The standard InChI is InChI=1S/C47H38BN3O2/c1-46(2)47(3,4)53-48(52-46)42-39-24-13-11-22-37(39)41(38-23-12-14-25-40(38)42)35-20-15-21-36(30-35)45-50-43(33-18-9-6-10-19-33)49-44(51-45)34-28-26-32(27-29-34)31-16-7-5-8-17-31/h5-30H,1-4H3. The van der Waals surface area contributed by atoms with Crippen LogP contribution in [0.5, 0.6) is 0 Å². The van der Waals surface area contributed by atoms with Crippen LogP contribution in [0.15, 0.2) is 158 Å². The second-order valence-corrected chi connectivity index (χ2v) is 14.7. The highest BCUT2D eigenvalue weighted by molar-refractivity contribution is 6.69. The van der Waals surface area contributed by atoms with Crippen LogP contribution in [0.1, 0.15) is 27.7 Å². The minimum Gasteiger partial charge on any atom is -0.399 e. The topological polar surface area (TPSA) is 57.1 Å². The molecule has 1 aliphatic rings. The average molecular weight is 688 g/mol. The molecule has 256 valence electrons. The zero-order valence-electron chi connectivity index (χ0n) is 30.2. The highest BCUT2D eigenvalue weighted by atomic mass is 16.7. The van der Waals surface area contributed by atoms with E-state index in [9.17, 15) is 0 Å². The van der Waals surface area contributed by atoms with E-state index in [1.807, 2.05) is 36.4 Å². The predicted molar refractivity (Wildman–Crippen MR) is 218 cm³/mol. The number of fused-ring (bicyclic) bond motifs is 2. The number of benzene rings is 7. The first-order valence-corrected chi connectivity index (χ1v) is 18.1. The quantitative estimate of drug-likeness (QED) is 0.129. The van der Waals surface area contributed by atoms with Crippen LogP contribution in [0.3, 0.4) is 0 Å². The Kier molecular flexibility index (Phi) is 8.03. The van der Waals surface area contributed by atoms with Crippen LogP contribution in [0.25, 0.3) is 78.0 Å². The van der Waals surface area contributed by atoms with Gasteiger partial charge in [0, 0.05) is 16.7 Å². The molecule has 9 rings (SSSR count). The molecule has 1 saturated heterocycles. The maximum atomic E-state index is 6.67. The van der Waals surface area contributed by atoms with E-state index in [4.69, 9.17) is 24.3 Å². The number of rotatable bonds is 6. The largest absolute Gasteiger partial charge is 0.496 e. The second-order valence-electron chi connectivity index (χ2n) is 14.7. The Balaban J connectivity index is 1.20. The molecule has 0 radical (unpaired) electrons. The average Bonchev–Trinajstić information content (AvgIpc) is 3.42. The molecule has 8 aromatic rings. The first-order valence-electron chi connectivity index (χ1n) is 18.1. The molecule has 2 heterocycles. The van der Waals surface area contributed by atoms with Gasteiger partial charge in [-0.15, -0.1) is 0 Å². The minimum absolute atomic E-state index is 0.460. The summed E-state index contributed by atoms with van der Waals surface area (Å²) in [6.07, 6.45) is 0. The van der Waals surface area contributed by atoms with Crippen LogP contribution < -0.4 is 5.46 Å². The number of nitrogens with zero attached hydrogens (tertiary/aromatic N) is 3. The fourth-order valence-corrected chi connectivity index (χ4v) is 7.29. The third-order valence-corrected chi connectivity index (χ3v) is 10.8. The van der Waals surface area contributed by atoms with Gasteiger partial charge in [-0.1, -0.05) is 152 Å². The molecule has 1 fully saturated rings. The predicted octanol–water partition coefficient (Wildman–Crippen LogP) is 10.8. The van der Waals surface area contributed by atoms with Crippen molar-refractivity contribution in [2.75, 3.05) is 0 Å². The van der Waals surface area contributed by atoms with Crippen LogP contribution in [-0.4, -0.2) is 33.3 Å². The lowest BCUT2D eigenvalue weighted by Crippen LogP contribution is -2.41. The fraction of sp³-hybridized carbons (Fsp3) is 0.128. The summed E-state index contributed by atoms with van der Waals surface area (Å²) in [7, 11) is -0.503. The van der Waals surface area contributed by atoms with Gasteiger partial charge in [-0.05, 0) is 83.0 Å². The Morgan fingerprint density at radius 2 is 0.755 bits per heavy atom. The van der Waals surface area contributed by atoms with E-state index in [0.29, 0.717) is 17.5 Å². The van der Waals surface area contributed by atoms with Gasteiger partial charge in [0.25, 0.3) is 0 Å². The van der Waals surface area contributed by atoms with E-state index in [-0.39, 0.29) is 0 Å². The molecule has 0 aliphatic carbocycles. The van der Waals surface area contributed by atoms with Gasteiger partial charge in [0.15, 0.2) is 17.5 Å². The van der Waals surface area contributed by atoms with E-state index in [1.54, 1.807) is 0 Å². The van der Waals surface area contributed by atoms with Crippen molar-refractivity contribution >= 4 is 34.1 Å². The highest BCUT2D eigenvalue weighted by Crippen LogP contribution is 2.41. The maximum Gasteiger partial charge on any atom is 0.496 e. The monoisotopic (exact) mass is 687 g/mol. The Labute approximate surface area is 310 Å². The number of aromatic nitrogens is 3. The molecule has 0 bridgehead atoms. The third-order valence-electron chi connectivity index (χ3n) is 10.8. The Hall–Kier alpha value is -5.95. The van der Waals surface area contributed by atoms with E-state index in [0.717, 1.165) is 60.4 Å². The minimum atomic E-state index is -0.503. The van der Waals surface area contributed by atoms with Gasteiger partial charge in [-0.3, -0.25) is 0 Å². The van der Waals surface area contributed by atoms with Gasteiger partial charge < -0.3 is 9.31 Å². The molecule has 0 atom stereocenters. The molecule has 0 saturated carbocycles. The van der Waals surface area contributed by atoms with Crippen LogP contribution in [0.2, 0.25) is 0 Å². The Morgan fingerprint density at radius 1 is 0.377 bits per heavy atom. The van der Waals surface area contributed by atoms with Crippen LogP contribution in [-0.2, 0) is 9.31 Å². The van der Waals surface area contributed by atoms with E-state index >= 15 is 0 Å². The molecule has 7 aromatic carbocycles. The lowest BCUT2D eigenvalue weighted by molar-refractivity contribution is 0.00578.